The molecule has 348 valence electrons. The van der Waals surface area contributed by atoms with Gasteiger partial charge in [0, 0.05) is 20.2 Å². The Hall–Kier alpha value is -8.57. The zero-order chi connectivity index (χ0) is 51.1. The summed E-state index contributed by atoms with van der Waals surface area (Å²) in [6.07, 6.45) is 12.4. The Morgan fingerprint density at radius 1 is 0.522 bits per heavy atom. The average molecular weight is 957 g/mol. The SMILES string of the molecule is CC1=C(C#N)C(=C(C#N)C#N)OC1(C)C.COc1cc(C)cc(OC)c1/C=C/c1ccc(/C=C/C2=C(C#N)C(=C(C#N)C#N)OC2(C)C)s1.COc1cc(C)cc(OC)c1/C=C/c1ccc(C=O)s1. The van der Waals surface area contributed by atoms with Crippen molar-refractivity contribution in [2.75, 3.05) is 28.4 Å². The molecule has 0 saturated carbocycles. The van der Waals surface area contributed by atoms with Gasteiger partial charge >= 0.3 is 0 Å². The van der Waals surface area contributed by atoms with Crippen molar-refractivity contribution in [1.82, 2.24) is 0 Å². The topological polar surface area (TPSA) is 215 Å². The number of hydrogen-bond donors (Lipinski definition) is 0. The van der Waals surface area contributed by atoms with Crippen LogP contribution in [0.1, 0.15) is 81.2 Å². The third-order valence-electron chi connectivity index (χ3n) is 10.5. The highest BCUT2D eigenvalue weighted by Gasteiger charge is 2.39. The lowest BCUT2D eigenvalue weighted by Gasteiger charge is -2.20. The second-order valence-electron chi connectivity index (χ2n) is 15.9. The standard InChI is InChI=1S/C27H23N3O3S.C16H16O3S.C11H9N3O/c1-17-12-24(31-4)21(25(13-17)32-5)10-8-19-6-7-20(34-19)9-11-23-22(16-30)26(18(14-28)15-29)33-27(23,2)3;1-11-8-15(18-2)14(16(9-11)19-3)7-6-12-4-5-13(10-17)20-12;1-7-9(6-14)10(8(4-12)5-13)15-11(7,2)3/h6-13H,1-5H3;4-10H,1-3H3;1-3H3/b10-8+,11-9+;7-6+;. The molecule has 69 heavy (non-hydrogen) atoms. The molecule has 0 fully saturated rings. The van der Waals surface area contributed by atoms with E-state index >= 15 is 0 Å². The van der Waals surface area contributed by atoms with Crippen molar-refractivity contribution in [2.45, 2.75) is 59.7 Å². The molecule has 0 amide bonds. The quantitative estimate of drug-likeness (QED) is 0.101. The fourth-order valence-corrected chi connectivity index (χ4v) is 8.35. The summed E-state index contributed by atoms with van der Waals surface area (Å²) in [6, 6.07) is 26.7. The zero-order valence-electron chi connectivity index (χ0n) is 40.0. The number of aldehydes is 1. The van der Waals surface area contributed by atoms with Gasteiger partial charge in [-0.2, -0.15) is 31.6 Å². The zero-order valence-corrected chi connectivity index (χ0v) is 41.7. The Morgan fingerprint density at radius 2 is 0.870 bits per heavy atom. The van der Waals surface area contributed by atoms with E-state index in [2.05, 4.69) is 6.07 Å². The number of allylic oxidation sites excluding steroid dienone is 4. The van der Waals surface area contributed by atoms with Crippen LogP contribution < -0.4 is 18.9 Å². The van der Waals surface area contributed by atoms with Gasteiger partial charge in [-0.3, -0.25) is 4.79 Å². The Bertz CT molecular complexity index is 3050. The van der Waals surface area contributed by atoms with Crippen molar-refractivity contribution in [3.63, 3.8) is 0 Å². The van der Waals surface area contributed by atoms with Crippen LogP contribution in [0.4, 0.5) is 0 Å². The second kappa shape index (κ2) is 23.7. The summed E-state index contributed by atoms with van der Waals surface area (Å²) in [5.74, 6) is 3.15. The summed E-state index contributed by atoms with van der Waals surface area (Å²) in [6.45, 7) is 12.9. The number of thiophene rings is 2. The molecule has 0 spiro atoms. The maximum Gasteiger partial charge on any atom is 0.172 e. The van der Waals surface area contributed by atoms with E-state index in [1.807, 2.05) is 98.8 Å². The van der Waals surface area contributed by atoms with Crippen LogP contribution in [-0.4, -0.2) is 45.9 Å². The van der Waals surface area contributed by atoms with Gasteiger partial charge < -0.3 is 28.4 Å². The van der Waals surface area contributed by atoms with E-state index in [9.17, 15) is 20.6 Å². The van der Waals surface area contributed by atoms with Gasteiger partial charge in [-0.15, -0.1) is 22.7 Å². The molecule has 0 N–H and O–H groups in total. The van der Waals surface area contributed by atoms with E-state index < -0.39 is 11.2 Å². The van der Waals surface area contributed by atoms with Gasteiger partial charge in [0.05, 0.1) is 50.0 Å². The third kappa shape index (κ3) is 12.7. The number of aryl methyl sites for hydroxylation is 2. The molecule has 0 radical (unpaired) electrons. The van der Waals surface area contributed by atoms with E-state index in [-0.39, 0.29) is 33.8 Å². The van der Waals surface area contributed by atoms with Crippen LogP contribution in [-0.2, 0) is 9.47 Å². The third-order valence-corrected chi connectivity index (χ3v) is 12.5. The van der Waals surface area contributed by atoms with Crippen LogP contribution >= 0.6 is 22.7 Å². The normalized spacial score (nSPS) is 14.1. The smallest absolute Gasteiger partial charge is 0.172 e. The molecule has 4 aromatic rings. The summed E-state index contributed by atoms with van der Waals surface area (Å²) in [5.41, 5.74) is 3.90. The molecule has 15 heteroatoms. The van der Waals surface area contributed by atoms with E-state index in [1.54, 1.807) is 105 Å². The Morgan fingerprint density at radius 3 is 1.22 bits per heavy atom. The maximum absolute atomic E-state index is 10.7. The van der Waals surface area contributed by atoms with Crippen LogP contribution in [0, 0.1) is 81.8 Å². The van der Waals surface area contributed by atoms with Gasteiger partial charge in [-0.05, 0) is 144 Å². The Balaban J connectivity index is 0.000000250. The minimum atomic E-state index is -0.839. The molecule has 4 heterocycles. The maximum atomic E-state index is 10.7. The van der Waals surface area contributed by atoms with E-state index in [0.29, 0.717) is 10.5 Å². The summed E-state index contributed by atoms with van der Waals surface area (Å²) >= 11 is 3.02. The van der Waals surface area contributed by atoms with Crippen LogP contribution in [0.3, 0.4) is 0 Å². The molecule has 2 aromatic carbocycles. The first-order chi connectivity index (χ1) is 32.9. The molecule has 0 aliphatic carbocycles. The molecule has 0 atom stereocenters. The van der Waals surface area contributed by atoms with Crippen molar-refractivity contribution in [1.29, 1.82) is 31.6 Å². The molecular weight excluding hydrogens is 909 g/mol. The van der Waals surface area contributed by atoms with Gasteiger partial charge in [0.15, 0.2) is 29.0 Å². The molecule has 0 unspecified atom stereocenters. The van der Waals surface area contributed by atoms with E-state index in [1.165, 1.54) is 11.3 Å². The molecule has 0 bridgehead atoms. The number of rotatable bonds is 11. The van der Waals surface area contributed by atoms with Crippen molar-refractivity contribution in [2.24, 2.45) is 0 Å². The van der Waals surface area contributed by atoms with Crippen molar-refractivity contribution >= 4 is 59.3 Å². The van der Waals surface area contributed by atoms with Gasteiger partial charge in [-0.1, -0.05) is 6.08 Å². The van der Waals surface area contributed by atoms with Gasteiger partial charge in [0.2, 0.25) is 0 Å². The highest BCUT2D eigenvalue weighted by molar-refractivity contribution is 7.14. The molecule has 2 aromatic heterocycles. The average Bonchev–Trinajstić information content (AvgIpc) is 4.11. The number of hydrogen-bond acceptors (Lipinski definition) is 15. The fraction of sp³-hybridized carbons (Fsp3) is 0.241. The first-order valence-electron chi connectivity index (χ1n) is 20.8. The summed E-state index contributed by atoms with van der Waals surface area (Å²) in [4.78, 5) is 14.4. The lowest BCUT2D eigenvalue weighted by Crippen LogP contribution is -2.20. The highest BCUT2D eigenvalue weighted by atomic mass is 32.1. The molecular formula is C54H48N6O7S2. The second-order valence-corrected chi connectivity index (χ2v) is 18.2. The fourth-order valence-electron chi connectivity index (χ4n) is 6.81. The minimum absolute atomic E-state index is 0.0351. The number of nitriles is 6. The van der Waals surface area contributed by atoms with Crippen molar-refractivity contribution < 1.29 is 33.2 Å². The lowest BCUT2D eigenvalue weighted by atomic mass is 9.94. The number of carbonyl (C=O) groups excluding carboxylic acids is 1. The first kappa shape index (κ1) is 53.0. The Kier molecular flexibility index (Phi) is 18.3. The molecule has 13 nitrogen and oxygen atoms in total. The molecule has 2 aliphatic heterocycles. The number of carbonyl (C=O) groups is 1. The van der Waals surface area contributed by atoms with Gasteiger partial charge in [-0.25, -0.2) is 0 Å². The monoisotopic (exact) mass is 956 g/mol. The largest absolute Gasteiger partial charge is 0.496 e. The van der Waals surface area contributed by atoms with Crippen LogP contribution in [0.25, 0.3) is 30.4 Å². The number of nitrogens with zero attached hydrogens (tertiary/aromatic N) is 6. The van der Waals surface area contributed by atoms with E-state index in [4.69, 9.17) is 44.2 Å². The number of ether oxygens (including phenoxy) is 6. The predicted molar refractivity (Wildman–Crippen MR) is 267 cm³/mol. The molecule has 0 saturated heterocycles. The molecule has 6 rings (SSSR count). The lowest BCUT2D eigenvalue weighted by molar-refractivity contribution is 0.0927. The summed E-state index contributed by atoms with van der Waals surface area (Å²) in [7, 11) is 6.55. The molecule has 2 aliphatic rings. The number of methoxy groups -OCH3 is 4. The Labute approximate surface area is 411 Å². The predicted octanol–water partition coefficient (Wildman–Crippen LogP) is 12.2. The van der Waals surface area contributed by atoms with Crippen molar-refractivity contribution in [3.8, 4) is 59.4 Å². The van der Waals surface area contributed by atoms with Gasteiger partial charge in [0.25, 0.3) is 0 Å². The highest BCUT2D eigenvalue weighted by Crippen LogP contribution is 2.42. The van der Waals surface area contributed by atoms with Crippen LogP contribution in [0.15, 0.2) is 99.6 Å². The van der Waals surface area contributed by atoms with E-state index in [0.717, 1.165) is 71.7 Å². The first-order valence-corrected chi connectivity index (χ1v) is 22.4. The van der Waals surface area contributed by atoms with Crippen molar-refractivity contribution in [3.05, 3.63) is 141 Å². The van der Waals surface area contributed by atoms with Crippen LogP contribution in [0.2, 0.25) is 0 Å². The minimum Gasteiger partial charge on any atom is -0.496 e. The van der Waals surface area contributed by atoms with Gasteiger partial charge in [0.1, 0.15) is 76.2 Å². The van der Waals surface area contributed by atoms with Crippen LogP contribution in [0.5, 0.6) is 23.0 Å². The summed E-state index contributed by atoms with van der Waals surface area (Å²) in [5, 5.41) is 54.4. The number of benzene rings is 2. The summed E-state index contributed by atoms with van der Waals surface area (Å²) < 4.78 is 33.1.